The first-order valence-electron chi connectivity index (χ1n) is 8.93. The van der Waals surface area contributed by atoms with E-state index in [9.17, 15) is 9.59 Å². The molecule has 5 nitrogen and oxygen atoms in total. The fraction of sp³-hybridized carbons (Fsp3) is 0.130. The SMILES string of the molecule is COC(=O)c1ccccc1NC(=O)c1ccc(OCCc2ccccc2)cc1. The first-order valence-corrected chi connectivity index (χ1v) is 8.93. The Hall–Kier alpha value is -3.60. The molecule has 0 spiro atoms. The molecule has 0 radical (unpaired) electrons. The van der Waals surface area contributed by atoms with Crippen molar-refractivity contribution < 1.29 is 19.1 Å². The number of rotatable bonds is 7. The molecule has 0 saturated heterocycles. The third kappa shape index (κ3) is 4.98. The molecule has 0 aliphatic carbocycles. The van der Waals surface area contributed by atoms with Crippen molar-refractivity contribution in [3.8, 4) is 5.75 Å². The van der Waals surface area contributed by atoms with Crippen LogP contribution in [0.1, 0.15) is 26.3 Å². The summed E-state index contributed by atoms with van der Waals surface area (Å²) in [7, 11) is 1.30. The zero-order chi connectivity index (χ0) is 19.8. The second-order valence-corrected chi connectivity index (χ2v) is 6.10. The predicted molar refractivity (Wildman–Crippen MR) is 108 cm³/mol. The van der Waals surface area contributed by atoms with Crippen LogP contribution in [0.25, 0.3) is 0 Å². The summed E-state index contributed by atoms with van der Waals surface area (Å²) in [4.78, 5) is 24.3. The summed E-state index contributed by atoms with van der Waals surface area (Å²) in [6.45, 7) is 0.558. The highest BCUT2D eigenvalue weighted by Gasteiger charge is 2.14. The number of benzene rings is 3. The fourth-order valence-electron chi connectivity index (χ4n) is 2.71. The molecule has 5 heteroatoms. The number of ether oxygens (including phenoxy) is 2. The average Bonchev–Trinajstić information content (AvgIpc) is 2.75. The van der Waals surface area contributed by atoms with E-state index >= 15 is 0 Å². The Balaban J connectivity index is 1.59. The van der Waals surface area contributed by atoms with Crippen LogP contribution < -0.4 is 10.1 Å². The van der Waals surface area contributed by atoms with Crippen molar-refractivity contribution in [2.24, 2.45) is 0 Å². The maximum Gasteiger partial charge on any atom is 0.339 e. The summed E-state index contributed by atoms with van der Waals surface area (Å²) >= 11 is 0. The highest BCUT2D eigenvalue weighted by atomic mass is 16.5. The minimum Gasteiger partial charge on any atom is -0.493 e. The molecule has 0 atom stereocenters. The van der Waals surface area contributed by atoms with Crippen molar-refractivity contribution in [2.45, 2.75) is 6.42 Å². The van der Waals surface area contributed by atoms with Crippen LogP contribution in [0.15, 0.2) is 78.9 Å². The van der Waals surface area contributed by atoms with Crippen LogP contribution in [-0.2, 0) is 11.2 Å². The van der Waals surface area contributed by atoms with E-state index in [4.69, 9.17) is 9.47 Å². The number of esters is 1. The number of hydrogen-bond donors (Lipinski definition) is 1. The van der Waals surface area contributed by atoms with Crippen LogP contribution in [0.4, 0.5) is 5.69 Å². The third-order valence-corrected chi connectivity index (χ3v) is 4.20. The van der Waals surface area contributed by atoms with Crippen molar-refractivity contribution in [1.29, 1.82) is 0 Å². The lowest BCUT2D eigenvalue weighted by atomic mass is 10.1. The van der Waals surface area contributed by atoms with E-state index in [0.29, 0.717) is 29.2 Å². The lowest BCUT2D eigenvalue weighted by molar-refractivity contribution is 0.0602. The number of anilines is 1. The van der Waals surface area contributed by atoms with Gasteiger partial charge in [0, 0.05) is 12.0 Å². The summed E-state index contributed by atoms with van der Waals surface area (Å²) in [5.74, 6) is -0.118. The van der Waals surface area contributed by atoms with Crippen molar-refractivity contribution >= 4 is 17.6 Å². The van der Waals surface area contributed by atoms with E-state index in [-0.39, 0.29) is 5.91 Å². The number of carbonyl (C=O) groups excluding carboxylic acids is 2. The zero-order valence-corrected chi connectivity index (χ0v) is 15.6. The molecule has 0 fully saturated rings. The summed E-state index contributed by atoms with van der Waals surface area (Å²) in [5.41, 5.74) is 2.39. The van der Waals surface area contributed by atoms with Crippen molar-refractivity contribution in [3.05, 3.63) is 95.6 Å². The minimum absolute atomic E-state index is 0.305. The molecule has 3 aromatic carbocycles. The Labute approximate surface area is 163 Å². The minimum atomic E-state index is -0.502. The van der Waals surface area contributed by atoms with E-state index < -0.39 is 5.97 Å². The summed E-state index contributed by atoms with van der Waals surface area (Å²) in [6, 6.07) is 23.7. The van der Waals surface area contributed by atoms with Gasteiger partial charge < -0.3 is 14.8 Å². The molecule has 1 N–H and O–H groups in total. The molecule has 0 heterocycles. The highest BCUT2D eigenvalue weighted by molar-refractivity contribution is 6.08. The molecule has 0 aromatic heterocycles. The normalized spacial score (nSPS) is 10.2. The standard InChI is InChI=1S/C23H21NO4/c1-27-23(26)20-9-5-6-10-21(20)24-22(25)18-11-13-19(14-12-18)28-16-15-17-7-3-2-4-8-17/h2-14H,15-16H2,1H3,(H,24,25). The van der Waals surface area contributed by atoms with Gasteiger partial charge in [0.05, 0.1) is 25.0 Å². The van der Waals surface area contributed by atoms with Gasteiger partial charge in [0.25, 0.3) is 5.91 Å². The summed E-state index contributed by atoms with van der Waals surface area (Å²) < 4.78 is 10.5. The molecule has 3 aromatic rings. The molecule has 3 rings (SSSR count). The number of hydrogen-bond acceptors (Lipinski definition) is 4. The highest BCUT2D eigenvalue weighted by Crippen LogP contribution is 2.18. The quantitative estimate of drug-likeness (QED) is 0.624. The Morgan fingerprint density at radius 3 is 2.25 bits per heavy atom. The molecule has 0 aliphatic heterocycles. The van der Waals surface area contributed by atoms with Crippen LogP contribution in [0, 0.1) is 0 Å². The smallest absolute Gasteiger partial charge is 0.339 e. The van der Waals surface area contributed by atoms with Crippen LogP contribution in [-0.4, -0.2) is 25.6 Å². The summed E-state index contributed by atoms with van der Waals surface area (Å²) in [5, 5.41) is 2.75. The first-order chi connectivity index (χ1) is 13.7. The lowest BCUT2D eigenvalue weighted by Gasteiger charge is -2.10. The molecule has 1 amide bonds. The lowest BCUT2D eigenvalue weighted by Crippen LogP contribution is -2.15. The maximum atomic E-state index is 12.5. The Morgan fingerprint density at radius 2 is 1.54 bits per heavy atom. The van der Waals surface area contributed by atoms with Crippen LogP contribution in [0.3, 0.4) is 0 Å². The number of amides is 1. The summed E-state index contributed by atoms with van der Waals surface area (Å²) in [6.07, 6.45) is 0.813. The average molecular weight is 375 g/mol. The number of nitrogens with one attached hydrogen (secondary N) is 1. The molecule has 0 saturated carbocycles. The zero-order valence-electron chi connectivity index (χ0n) is 15.6. The van der Waals surface area contributed by atoms with Crippen molar-refractivity contribution in [2.75, 3.05) is 19.0 Å². The molecule has 0 unspecified atom stereocenters. The molecular formula is C23H21NO4. The van der Waals surface area contributed by atoms with Gasteiger partial charge in [0.15, 0.2) is 0 Å². The second kappa shape index (κ2) is 9.37. The Morgan fingerprint density at radius 1 is 0.857 bits per heavy atom. The van der Waals surface area contributed by atoms with Gasteiger partial charge in [0.2, 0.25) is 0 Å². The van der Waals surface area contributed by atoms with E-state index in [2.05, 4.69) is 17.4 Å². The molecule has 142 valence electrons. The van der Waals surface area contributed by atoms with Gasteiger partial charge in [-0.2, -0.15) is 0 Å². The maximum absolute atomic E-state index is 12.5. The monoisotopic (exact) mass is 375 g/mol. The topological polar surface area (TPSA) is 64.6 Å². The number of para-hydroxylation sites is 1. The van der Waals surface area contributed by atoms with Crippen LogP contribution in [0.2, 0.25) is 0 Å². The predicted octanol–water partition coefficient (Wildman–Crippen LogP) is 4.35. The van der Waals surface area contributed by atoms with Crippen molar-refractivity contribution in [3.63, 3.8) is 0 Å². The van der Waals surface area contributed by atoms with Gasteiger partial charge in [-0.25, -0.2) is 4.79 Å². The molecule has 0 bridgehead atoms. The van der Waals surface area contributed by atoms with Gasteiger partial charge in [0.1, 0.15) is 5.75 Å². The fourth-order valence-corrected chi connectivity index (χ4v) is 2.71. The number of methoxy groups -OCH3 is 1. The largest absolute Gasteiger partial charge is 0.493 e. The van der Waals surface area contributed by atoms with Gasteiger partial charge in [-0.05, 0) is 42.0 Å². The molecular weight excluding hydrogens is 354 g/mol. The van der Waals surface area contributed by atoms with E-state index in [1.54, 1.807) is 48.5 Å². The van der Waals surface area contributed by atoms with Gasteiger partial charge in [-0.1, -0.05) is 42.5 Å². The van der Waals surface area contributed by atoms with Gasteiger partial charge in [-0.3, -0.25) is 4.79 Å². The van der Waals surface area contributed by atoms with E-state index in [0.717, 1.165) is 6.42 Å². The third-order valence-electron chi connectivity index (χ3n) is 4.20. The first kappa shape index (κ1) is 19.2. The second-order valence-electron chi connectivity index (χ2n) is 6.10. The van der Waals surface area contributed by atoms with Crippen LogP contribution in [0.5, 0.6) is 5.75 Å². The van der Waals surface area contributed by atoms with Crippen molar-refractivity contribution in [1.82, 2.24) is 0 Å². The van der Waals surface area contributed by atoms with Gasteiger partial charge >= 0.3 is 5.97 Å². The number of carbonyl (C=O) groups is 2. The Kier molecular flexibility index (Phi) is 6.41. The van der Waals surface area contributed by atoms with E-state index in [1.807, 2.05) is 18.2 Å². The van der Waals surface area contributed by atoms with E-state index in [1.165, 1.54) is 12.7 Å². The molecule has 0 aliphatic rings. The Bertz CT molecular complexity index is 936. The van der Waals surface area contributed by atoms with Crippen LogP contribution >= 0.6 is 0 Å². The van der Waals surface area contributed by atoms with Gasteiger partial charge in [-0.15, -0.1) is 0 Å². The molecule has 28 heavy (non-hydrogen) atoms.